The Hall–Kier alpha value is -1.62. The van der Waals surface area contributed by atoms with E-state index in [1.807, 2.05) is 19.1 Å². The van der Waals surface area contributed by atoms with Gasteiger partial charge in [0.1, 0.15) is 5.00 Å². The Labute approximate surface area is 91.2 Å². The van der Waals surface area contributed by atoms with E-state index in [9.17, 15) is 9.59 Å². The first-order valence-corrected chi connectivity index (χ1v) is 5.24. The minimum absolute atomic E-state index is 0.128. The summed E-state index contributed by atoms with van der Waals surface area (Å²) >= 11 is 1.24. The molecule has 0 atom stereocenters. The molecule has 2 N–H and O–H groups in total. The van der Waals surface area contributed by atoms with E-state index in [-0.39, 0.29) is 5.56 Å². The highest BCUT2D eigenvalue weighted by atomic mass is 32.1. The predicted octanol–water partition coefficient (Wildman–Crippen LogP) is 2.44. The molecule has 5 heteroatoms. The standard InChI is InChI=1S/C10H11NO3S/c1-2-3-4-7-5-8(10(13)14)9(15-7)11-6-12/h3-6H,2H2,1H3,(H,11,12)(H,13,14)/b4-3+. The molecule has 0 unspecified atom stereocenters. The molecular formula is C10H11NO3S. The van der Waals surface area contributed by atoms with E-state index >= 15 is 0 Å². The second-order valence-electron chi connectivity index (χ2n) is 2.77. The van der Waals surface area contributed by atoms with Gasteiger partial charge in [0.25, 0.3) is 0 Å². The van der Waals surface area contributed by atoms with Crippen LogP contribution in [0.4, 0.5) is 5.00 Å². The van der Waals surface area contributed by atoms with Gasteiger partial charge in [0.2, 0.25) is 6.41 Å². The third-order valence-corrected chi connectivity index (χ3v) is 2.72. The van der Waals surface area contributed by atoms with Crippen molar-refractivity contribution in [2.45, 2.75) is 13.3 Å². The lowest BCUT2D eigenvalue weighted by atomic mass is 10.3. The second-order valence-corrected chi connectivity index (χ2v) is 3.85. The minimum atomic E-state index is -1.04. The number of nitrogens with one attached hydrogen (secondary N) is 1. The molecule has 0 fully saturated rings. The van der Waals surface area contributed by atoms with E-state index in [0.29, 0.717) is 11.4 Å². The van der Waals surface area contributed by atoms with Gasteiger partial charge in [-0.2, -0.15) is 0 Å². The van der Waals surface area contributed by atoms with E-state index in [0.717, 1.165) is 11.3 Å². The molecule has 4 nitrogen and oxygen atoms in total. The van der Waals surface area contributed by atoms with Crippen molar-refractivity contribution in [3.8, 4) is 0 Å². The van der Waals surface area contributed by atoms with Crippen LogP contribution in [0.2, 0.25) is 0 Å². The third-order valence-electron chi connectivity index (χ3n) is 1.69. The SMILES string of the molecule is CC/C=C/c1cc(C(=O)O)c(NC=O)s1. The van der Waals surface area contributed by atoms with Crippen LogP contribution in [-0.4, -0.2) is 17.5 Å². The van der Waals surface area contributed by atoms with Crippen molar-refractivity contribution in [1.82, 2.24) is 0 Å². The first kappa shape index (κ1) is 11.5. The average Bonchev–Trinajstić information content (AvgIpc) is 2.59. The molecule has 0 aromatic carbocycles. The monoisotopic (exact) mass is 225 g/mol. The van der Waals surface area contributed by atoms with Gasteiger partial charge >= 0.3 is 5.97 Å². The van der Waals surface area contributed by atoms with E-state index < -0.39 is 5.97 Å². The lowest BCUT2D eigenvalue weighted by Gasteiger charge is -1.93. The highest BCUT2D eigenvalue weighted by molar-refractivity contribution is 7.17. The lowest BCUT2D eigenvalue weighted by molar-refractivity contribution is -0.105. The van der Waals surface area contributed by atoms with Crippen LogP contribution in [0.25, 0.3) is 6.08 Å². The maximum Gasteiger partial charge on any atom is 0.338 e. The Morgan fingerprint density at radius 2 is 2.40 bits per heavy atom. The Balaban J connectivity index is 3.03. The van der Waals surface area contributed by atoms with E-state index in [4.69, 9.17) is 5.11 Å². The molecule has 0 aliphatic carbocycles. The van der Waals surface area contributed by atoms with Gasteiger partial charge in [-0.3, -0.25) is 4.79 Å². The molecule has 1 aromatic heterocycles. The maximum atomic E-state index is 10.8. The molecule has 0 aliphatic rings. The molecule has 1 rings (SSSR count). The van der Waals surface area contributed by atoms with Crippen LogP contribution >= 0.6 is 11.3 Å². The number of thiophene rings is 1. The zero-order valence-corrected chi connectivity index (χ0v) is 9.00. The highest BCUT2D eigenvalue weighted by Gasteiger charge is 2.13. The summed E-state index contributed by atoms with van der Waals surface area (Å²) in [5.41, 5.74) is 0.128. The topological polar surface area (TPSA) is 66.4 Å². The first-order chi connectivity index (χ1) is 7.19. The zero-order valence-electron chi connectivity index (χ0n) is 8.19. The lowest BCUT2D eigenvalue weighted by Crippen LogP contribution is -2.00. The molecule has 1 aromatic rings. The smallest absolute Gasteiger partial charge is 0.338 e. The molecular weight excluding hydrogens is 214 g/mol. The number of amides is 1. The summed E-state index contributed by atoms with van der Waals surface area (Å²) in [6.45, 7) is 1.99. The summed E-state index contributed by atoms with van der Waals surface area (Å²) in [5, 5.41) is 11.6. The highest BCUT2D eigenvalue weighted by Crippen LogP contribution is 2.28. The normalized spacial score (nSPS) is 10.5. The quantitative estimate of drug-likeness (QED) is 0.756. The van der Waals surface area contributed by atoms with Gasteiger partial charge in [-0.1, -0.05) is 13.0 Å². The predicted molar refractivity (Wildman–Crippen MR) is 60.3 cm³/mol. The summed E-state index contributed by atoms with van der Waals surface area (Å²) in [6, 6.07) is 1.55. The number of allylic oxidation sites excluding steroid dienone is 1. The molecule has 0 saturated carbocycles. The van der Waals surface area contributed by atoms with Gasteiger partial charge in [0.15, 0.2) is 0 Å². The summed E-state index contributed by atoms with van der Waals surface area (Å²) in [7, 11) is 0. The molecule has 0 radical (unpaired) electrons. The number of anilines is 1. The minimum Gasteiger partial charge on any atom is -0.478 e. The van der Waals surface area contributed by atoms with Crippen LogP contribution in [0.5, 0.6) is 0 Å². The van der Waals surface area contributed by atoms with E-state index in [2.05, 4.69) is 5.32 Å². The van der Waals surface area contributed by atoms with Crippen LogP contribution in [0.1, 0.15) is 28.6 Å². The second kappa shape index (κ2) is 5.31. The van der Waals surface area contributed by atoms with Crippen molar-refractivity contribution in [3.63, 3.8) is 0 Å². The van der Waals surface area contributed by atoms with Gasteiger partial charge in [-0.15, -0.1) is 11.3 Å². The molecule has 1 heterocycles. The van der Waals surface area contributed by atoms with Crippen molar-refractivity contribution >= 4 is 34.8 Å². The number of carbonyl (C=O) groups is 2. The molecule has 1 amide bonds. The molecule has 0 saturated heterocycles. The van der Waals surface area contributed by atoms with Crippen LogP contribution in [0.3, 0.4) is 0 Å². The Kier molecular flexibility index (Phi) is 4.05. The van der Waals surface area contributed by atoms with Crippen molar-refractivity contribution < 1.29 is 14.7 Å². The van der Waals surface area contributed by atoms with Gasteiger partial charge in [0.05, 0.1) is 5.56 Å². The van der Waals surface area contributed by atoms with Crippen LogP contribution < -0.4 is 5.32 Å². The number of hydrogen-bond donors (Lipinski definition) is 2. The van der Waals surface area contributed by atoms with Gasteiger partial charge in [-0.25, -0.2) is 4.79 Å². The Morgan fingerprint density at radius 1 is 1.67 bits per heavy atom. The largest absolute Gasteiger partial charge is 0.478 e. The van der Waals surface area contributed by atoms with Crippen molar-refractivity contribution in [3.05, 3.63) is 22.6 Å². The van der Waals surface area contributed by atoms with Crippen LogP contribution in [0, 0.1) is 0 Å². The number of rotatable bonds is 5. The number of carbonyl (C=O) groups excluding carboxylic acids is 1. The number of aromatic carboxylic acids is 1. The first-order valence-electron chi connectivity index (χ1n) is 4.43. The van der Waals surface area contributed by atoms with Gasteiger partial charge < -0.3 is 10.4 Å². The fraction of sp³-hybridized carbons (Fsp3) is 0.200. The maximum absolute atomic E-state index is 10.8. The fourth-order valence-electron chi connectivity index (χ4n) is 1.05. The van der Waals surface area contributed by atoms with Gasteiger partial charge in [-0.05, 0) is 18.6 Å². The van der Waals surface area contributed by atoms with Crippen molar-refractivity contribution in [2.24, 2.45) is 0 Å². The summed E-state index contributed by atoms with van der Waals surface area (Å²) in [4.78, 5) is 21.9. The van der Waals surface area contributed by atoms with Crippen LogP contribution in [-0.2, 0) is 4.79 Å². The molecule has 0 aliphatic heterocycles. The number of carboxylic acid groups (broad SMARTS) is 1. The number of carboxylic acids is 1. The van der Waals surface area contributed by atoms with Crippen molar-refractivity contribution in [2.75, 3.05) is 5.32 Å². The third kappa shape index (κ3) is 2.92. The summed E-state index contributed by atoms with van der Waals surface area (Å²) in [6.07, 6.45) is 5.14. The summed E-state index contributed by atoms with van der Waals surface area (Å²) in [5.74, 6) is -1.04. The fourth-order valence-corrected chi connectivity index (χ4v) is 1.99. The Morgan fingerprint density at radius 3 is 2.93 bits per heavy atom. The van der Waals surface area contributed by atoms with E-state index in [1.54, 1.807) is 6.07 Å². The average molecular weight is 225 g/mol. The molecule has 0 spiro atoms. The van der Waals surface area contributed by atoms with Crippen LogP contribution in [0.15, 0.2) is 12.1 Å². The molecule has 80 valence electrons. The Bertz CT molecular complexity index is 395. The molecule has 15 heavy (non-hydrogen) atoms. The van der Waals surface area contributed by atoms with E-state index in [1.165, 1.54) is 11.3 Å². The van der Waals surface area contributed by atoms with Crippen molar-refractivity contribution in [1.29, 1.82) is 0 Å². The summed E-state index contributed by atoms with van der Waals surface area (Å²) < 4.78 is 0. The number of hydrogen-bond acceptors (Lipinski definition) is 3. The molecule has 0 bridgehead atoms. The zero-order chi connectivity index (χ0) is 11.3. The van der Waals surface area contributed by atoms with Gasteiger partial charge in [0, 0.05) is 4.88 Å².